The maximum Gasteiger partial charge on any atom is 0.267 e. The number of sulfonamides is 1. The van der Waals surface area contributed by atoms with Gasteiger partial charge < -0.3 is 5.73 Å². The van der Waals surface area contributed by atoms with Crippen LogP contribution < -0.4 is 10.0 Å². The van der Waals surface area contributed by atoms with Crippen molar-refractivity contribution in [3.05, 3.63) is 41.7 Å². The Morgan fingerprint density at radius 3 is 2.71 bits per heavy atom. The molecule has 3 rings (SSSR count). The average Bonchev–Trinajstić information content (AvgIpc) is 2.78. The number of benzene rings is 1. The summed E-state index contributed by atoms with van der Waals surface area (Å²) in [6.45, 7) is 2.03. The van der Waals surface area contributed by atoms with Crippen LogP contribution in [0.1, 0.15) is 11.3 Å². The molecule has 6 nitrogen and oxygen atoms in total. The minimum Gasteiger partial charge on any atom is -0.326 e. The first-order valence-corrected chi connectivity index (χ1v) is 8.20. The van der Waals surface area contributed by atoms with Crippen LogP contribution in [0.2, 0.25) is 0 Å². The van der Waals surface area contributed by atoms with Gasteiger partial charge in [-0.15, -0.1) is 0 Å². The van der Waals surface area contributed by atoms with Crippen LogP contribution in [0.25, 0.3) is 0 Å². The molecule has 2 N–H and O–H groups in total. The maximum atomic E-state index is 12.9. The summed E-state index contributed by atoms with van der Waals surface area (Å²) in [5, 5.41) is 4.03. The Morgan fingerprint density at radius 2 is 2.05 bits per heavy atom. The number of nitrogens with zero attached hydrogens (tertiary/aromatic N) is 3. The van der Waals surface area contributed by atoms with Gasteiger partial charge in [-0.25, -0.2) is 8.42 Å². The van der Waals surface area contributed by atoms with Crippen LogP contribution in [0, 0.1) is 6.92 Å². The van der Waals surface area contributed by atoms with E-state index in [4.69, 9.17) is 5.73 Å². The van der Waals surface area contributed by atoms with Gasteiger partial charge in [-0.05, 0) is 25.0 Å². The van der Waals surface area contributed by atoms with E-state index in [-0.39, 0.29) is 17.5 Å². The molecule has 1 unspecified atom stereocenters. The lowest BCUT2D eigenvalue weighted by Crippen LogP contribution is -2.46. The third kappa shape index (κ3) is 2.22. The van der Waals surface area contributed by atoms with Crippen LogP contribution in [0.5, 0.6) is 0 Å². The molecule has 112 valence electrons. The Balaban J connectivity index is 2.14. The highest BCUT2D eigenvalue weighted by Gasteiger charge is 2.33. The smallest absolute Gasteiger partial charge is 0.267 e. The molecule has 0 aliphatic carbocycles. The number of aryl methyl sites for hydroxylation is 1. The zero-order valence-electron chi connectivity index (χ0n) is 12.0. The van der Waals surface area contributed by atoms with Crippen molar-refractivity contribution in [2.75, 3.05) is 10.8 Å². The highest BCUT2D eigenvalue weighted by molar-refractivity contribution is 7.92. The maximum absolute atomic E-state index is 12.9. The van der Waals surface area contributed by atoms with E-state index in [1.54, 1.807) is 18.7 Å². The molecule has 1 aliphatic rings. The molecule has 2 heterocycles. The molecule has 21 heavy (non-hydrogen) atoms. The van der Waals surface area contributed by atoms with Gasteiger partial charge in [0.15, 0.2) is 0 Å². The van der Waals surface area contributed by atoms with Gasteiger partial charge in [-0.1, -0.05) is 18.2 Å². The molecule has 0 radical (unpaired) electrons. The average molecular weight is 306 g/mol. The summed E-state index contributed by atoms with van der Waals surface area (Å²) in [6.07, 6.45) is 2.08. The van der Waals surface area contributed by atoms with Gasteiger partial charge in [-0.3, -0.25) is 8.99 Å². The fourth-order valence-electron chi connectivity index (χ4n) is 2.66. The molecule has 0 bridgehead atoms. The minimum absolute atomic E-state index is 0.202. The Morgan fingerprint density at radius 1 is 1.33 bits per heavy atom. The van der Waals surface area contributed by atoms with Crippen LogP contribution in [-0.4, -0.2) is 30.8 Å². The lowest BCUT2D eigenvalue weighted by molar-refractivity contribution is 0.574. The zero-order valence-corrected chi connectivity index (χ0v) is 12.8. The molecular formula is C14H18N4O2S. The molecule has 1 aromatic heterocycles. The zero-order chi connectivity index (χ0) is 15.2. The van der Waals surface area contributed by atoms with Crippen LogP contribution >= 0.6 is 0 Å². The number of fused-ring (bicyclic) bond motifs is 1. The number of rotatable bonds is 2. The molecular weight excluding hydrogens is 288 g/mol. The van der Waals surface area contributed by atoms with E-state index in [0.717, 1.165) is 5.56 Å². The Kier molecular flexibility index (Phi) is 3.26. The molecule has 0 saturated carbocycles. The summed E-state index contributed by atoms with van der Waals surface area (Å²) in [7, 11) is -1.92. The molecule has 7 heteroatoms. The fourth-order valence-corrected chi connectivity index (χ4v) is 4.41. The van der Waals surface area contributed by atoms with E-state index in [9.17, 15) is 8.42 Å². The van der Waals surface area contributed by atoms with Crippen molar-refractivity contribution in [2.24, 2.45) is 12.8 Å². The molecule has 0 spiro atoms. The van der Waals surface area contributed by atoms with E-state index in [2.05, 4.69) is 5.10 Å². The summed E-state index contributed by atoms with van der Waals surface area (Å²) in [5.41, 5.74) is 8.32. The summed E-state index contributed by atoms with van der Waals surface area (Å²) < 4.78 is 28.9. The Bertz CT molecular complexity index is 782. The first kappa shape index (κ1) is 14.1. The van der Waals surface area contributed by atoms with Crippen molar-refractivity contribution in [1.29, 1.82) is 0 Å². The van der Waals surface area contributed by atoms with E-state index in [1.165, 1.54) is 10.5 Å². The predicted molar refractivity (Wildman–Crippen MR) is 80.6 cm³/mol. The number of hydrogen-bond donors (Lipinski definition) is 1. The molecule has 2 aromatic rings. The number of hydrogen-bond acceptors (Lipinski definition) is 4. The van der Waals surface area contributed by atoms with Crippen molar-refractivity contribution in [3.63, 3.8) is 0 Å². The normalized spacial score (nSPS) is 18.6. The highest BCUT2D eigenvalue weighted by atomic mass is 32.2. The monoisotopic (exact) mass is 306 g/mol. The van der Waals surface area contributed by atoms with Crippen molar-refractivity contribution < 1.29 is 8.42 Å². The van der Waals surface area contributed by atoms with Gasteiger partial charge in [0, 0.05) is 19.6 Å². The summed E-state index contributed by atoms with van der Waals surface area (Å²) in [6, 6.07) is 7.29. The number of para-hydroxylation sites is 1. The van der Waals surface area contributed by atoms with Gasteiger partial charge in [0.05, 0.1) is 17.6 Å². The van der Waals surface area contributed by atoms with Crippen molar-refractivity contribution in [2.45, 2.75) is 24.3 Å². The molecule has 1 aliphatic heterocycles. The predicted octanol–water partition coefficient (Wildman–Crippen LogP) is 0.807. The fraction of sp³-hybridized carbons (Fsp3) is 0.357. The third-order valence-electron chi connectivity index (χ3n) is 3.90. The molecule has 1 atom stereocenters. The number of nitrogens with two attached hydrogens (primary N) is 1. The molecule has 0 saturated heterocycles. The van der Waals surface area contributed by atoms with Crippen LogP contribution in [-0.2, 0) is 23.5 Å². The quantitative estimate of drug-likeness (QED) is 0.890. The molecule has 0 amide bonds. The van der Waals surface area contributed by atoms with E-state index < -0.39 is 10.0 Å². The standard InChI is InChI=1S/C14H18N4O2S/c1-10-14(8-16-17(10)2)21(19,20)18-9-12(15)7-11-5-3-4-6-13(11)18/h3-6,8,12H,7,9,15H2,1-2H3. The summed E-state index contributed by atoms with van der Waals surface area (Å²) in [4.78, 5) is 0.230. The van der Waals surface area contributed by atoms with E-state index in [0.29, 0.717) is 17.8 Å². The second-order valence-electron chi connectivity index (χ2n) is 5.35. The second-order valence-corrected chi connectivity index (χ2v) is 7.18. The van der Waals surface area contributed by atoms with E-state index >= 15 is 0 Å². The van der Waals surface area contributed by atoms with Gasteiger partial charge in [0.1, 0.15) is 4.90 Å². The summed E-state index contributed by atoms with van der Waals surface area (Å²) >= 11 is 0. The Labute approximate surface area is 124 Å². The first-order valence-electron chi connectivity index (χ1n) is 6.76. The third-order valence-corrected chi connectivity index (χ3v) is 5.78. The van der Waals surface area contributed by atoms with Gasteiger partial charge >= 0.3 is 0 Å². The van der Waals surface area contributed by atoms with Crippen LogP contribution in [0.4, 0.5) is 5.69 Å². The first-order chi connectivity index (χ1) is 9.91. The summed E-state index contributed by atoms with van der Waals surface area (Å²) in [5.74, 6) is 0. The van der Waals surface area contributed by atoms with Crippen molar-refractivity contribution in [3.8, 4) is 0 Å². The minimum atomic E-state index is -3.65. The Hall–Kier alpha value is -1.86. The van der Waals surface area contributed by atoms with Crippen molar-refractivity contribution in [1.82, 2.24) is 9.78 Å². The lowest BCUT2D eigenvalue weighted by Gasteiger charge is -2.33. The van der Waals surface area contributed by atoms with Gasteiger partial charge in [0.2, 0.25) is 0 Å². The van der Waals surface area contributed by atoms with Crippen molar-refractivity contribution >= 4 is 15.7 Å². The van der Waals surface area contributed by atoms with Gasteiger partial charge in [-0.2, -0.15) is 5.10 Å². The SMILES string of the molecule is Cc1c(S(=O)(=O)N2CC(N)Cc3ccccc32)cnn1C. The lowest BCUT2D eigenvalue weighted by atomic mass is 10.0. The largest absolute Gasteiger partial charge is 0.326 e. The van der Waals surface area contributed by atoms with Crippen LogP contribution in [0.15, 0.2) is 35.4 Å². The van der Waals surface area contributed by atoms with Gasteiger partial charge in [0.25, 0.3) is 10.0 Å². The number of aromatic nitrogens is 2. The molecule has 0 fully saturated rings. The van der Waals surface area contributed by atoms with E-state index in [1.807, 2.05) is 24.3 Å². The molecule has 1 aromatic carbocycles. The van der Waals surface area contributed by atoms with Crippen LogP contribution in [0.3, 0.4) is 0 Å². The highest BCUT2D eigenvalue weighted by Crippen LogP contribution is 2.32. The number of anilines is 1. The second kappa shape index (κ2) is 4.85. The topological polar surface area (TPSA) is 81.2 Å².